The Hall–Kier alpha value is -1.40. The molecule has 0 radical (unpaired) electrons. The highest BCUT2D eigenvalue weighted by Gasteiger charge is 2.76. The number of thioether (sulfide) groups is 1. The number of nitrogens with zero attached hydrogens (tertiary/aromatic N) is 3. The van der Waals surface area contributed by atoms with Gasteiger partial charge in [0.1, 0.15) is 12.6 Å². The molecule has 0 aliphatic carbocycles. The molecule has 4 aliphatic rings. The normalized spacial score (nSPS) is 33.3. The zero-order valence-electron chi connectivity index (χ0n) is 22.3. The van der Waals surface area contributed by atoms with Crippen molar-refractivity contribution in [3.05, 3.63) is 25.3 Å². The van der Waals surface area contributed by atoms with Crippen LogP contribution in [0.4, 0.5) is 0 Å². The number of carbonyl (C=O) groups is 3. The number of hydrogen-bond acceptors (Lipinski definition) is 8. The average Bonchev–Trinajstić information content (AvgIpc) is 3.49. The molecule has 9 nitrogen and oxygen atoms in total. The van der Waals surface area contributed by atoms with E-state index in [2.05, 4.69) is 34.0 Å². The highest BCUT2D eigenvalue weighted by molar-refractivity contribution is 9.09. The predicted octanol–water partition coefficient (Wildman–Crippen LogP) is 1.54. The van der Waals surface area contributed by atoms with Crippen LogP contribution in [0, 0.1) is 17.8 Å². The van der Waals surface area contributed by atoms with Gasteiger partial charge in [0.05, 0.1) is 42.4 Å². The number of fused-ring (bicyclic) bond motifs is 1. The van der Waals surface area contributed by atoms with Crippen LogP contribution in [0.25, 0.3) is 0 Å². The number of esters is 1. The Balaban J connectivity index is 1.70. The number of carbonyl (C=O) groups excluding carboxylic acids is 3. The molecular formula is C27H40BrN3O6S. The first kappa shape index (κ1) is 29.6. The molecule has 3 unspecified atom stereocenters. The van der Waals surface area contributed by atoms with Gasteiger partial charge in [-0.15, -0.1) is 18.3 Å². The summed E-state index contributed by atoms with van der Waals surface area (Å²) < 4.78 is 10.1. The fourth-order valence-corrected chi connectivity index (χ4v) is 10.1. The van der Waals surface area contributed by atoms with Crippen molar-refractivity contribution in [2.24, 2.45) is 17.8 Å². The number of amides is 2. The Bertz CT molecular complexity index is 930. The van der Waals surface area contributed by atoms with E-state index < -0.39 is 34.6 Å². The largest absolute Gasteiger partial charge is 0.461 e. The summed E-state index contributed by atoms with van der Waals surface area (Å²) in [5.74, 6) is -2.25. The zero-order chi connectivity index (χ0) is 27.6. The highest BCUT2D eigenvalue weighted by atomic mass is 79.9. The minimum absolute atomic E-state index is 0.0408. The Labute approximate surface area is 238 Å². The maximum absolute atomic E-state index is 14.5. The molecule has 38 heavy (non-hydrogen) atoms. The molecule has 4 heterocycles. The van der Waals surface area contributed by atoms with E-state index in [-0.39, 0.29) is 41.0 Å². The fraction of sp³-hybridized carbons (Fsp3) is 0.741. The molecule has 212 valence electrons. The third-order valence-electron chi connectivity index (χ3n) is 8.34. The summed E-state index contributed by atoms with van der Waals surface area (Å²) >= 11 is 5.34. The molecule has 7 atom stereocenters. The average molecular weight is 615 g/mol. The van der Waals surface area contributed by atoms with Gasteiger partial charge in [0.25, 0.3) is 0 Å². The number of alkyl halides is 1. The van der Waals surface area contributed by atoms with E-state index in [4.69, 9.17) is 9.47 Å². The smallest absolute Gasteiger partial charge is 0.311 e. The number of rotatable bonds is 12. The van der Waals surface area contributed by atoms with Gasteiger partial charge in [0, 0.05) is 42.8 Å². The lowest BCUT2D eigenvalue weighted by Gasteiger charge is -2.41. The van der Waals surface area contributed by atoms with Gasteiger partial charge in [-0.2, -0.15) is 0 Å². The van der Waals surface area contributed by atoms with Gasteiger partial charge in [0.15, 0.2) is 0 Å². The summed E-state index contributed by atoms with van der Waals surface area (Å²) in [5.41, 5.74) is 0. The van der Waals surface area contributed by atoms with Crippen LogP contribution in [0.2, 0.25) is 0 Å². The number of hydrogen-bond donors (Lipinski definition) is 1. The molecule has 0 aromatic rings. The van der Waals surface area contributed by atoms with Gasteiger partial charge >= 0.3 is 5.97 Å². The Morgan fingerprint density at radius 1 is 1.32 bits per heavy atom. The summed E-state index contributed by atoms with van der Waals surface area (Å²) in [6.07, 6.45) is 3.80. The predicted molar refractivity (Wildman–Crippen MR) is 150 cm³/mol. The monoisotopic (exact) mass is 613 g/mol. The Morgan fingerprint density at radius 3 is 2.63 bits per heavy atom. The van der Waals surface area contributed by atoms with Crippen LogP contribution in [-0.2, 0) is 23.9 Å². The Kier molecular flexibility index (Phi) is 9.66. The lowest BCUT2D eigenvalue weighted by atomic mass is 9.71. The van der Waals surface area contributed by atoms with E-state index in [1.165, 1.54) is 6.08 Å². The maximum Gasteiger partial charge on any atom is 0.311 e. The van der Waals surface area contributed by atoms with Crippen molar-refractivity contribution in [3.8, 4) is 0 Å². The number of morpholine rings is 1. The van der Waals surface area contributed by atoms with Gasteiger partial charge in [0.2, 0.25) is 11.8 Å². The number of aliphatic hydroxyl groups excluding tert-OH is 1. The second kappa shape index (κ2) is 12.4. The summed E-state index contributed by atoms with van der Waals surface area (Å²) in [4.78, 5) is 47.6. The second-order valence-corrected chi connectivity index (χ2v) is 13.6. The molecule has 4 rings (SSSR count). The maximum atomic E-state index is 14.5. The molecule has 4 aliphatic heterocycles. The molecular weight excluding hydrogens is 574 g/mol. The molecule has 1 N–H and O–H groups in total. The Morgan fingerprint density at radius 2 is 2.03 bits per heavy atom. The second-order valence-electron chi connectivity index (χ2n) is 10.8. The van der Waals surface area contributed by atoms with Crippen LogP contribution in [0.15, 0.2) is 25.3 Å². The van der Waals surface area contributed by atoms with Crippen molar-refractivity contribution in [2.45, 2.75) is 47.2 Å². The van der Waals surface area contributed by atoms with Crippen LogP contribution in [0.5, 0.6) is 0 Å². The lowest BCUT2D eigenvalue weighted by Crippen LogP contribution is -2.59. The SMILES string of the molecule is C=CCOC(=O)[C@H]1[C@H]2C(=O)N([C@@H](CO)C(C)C)C(C(=O)N(CC=C)CCN3CCOCC3)C23CC(Br)[C@@H]1S3. The third kappa shape index (κ3) is 5.21. The van der Waals surface area contributed by atoms with Crippen molar-refractivity contribution in [1.82, 2.24) is 14.7 Å². The van der Waals surface area contributed by atoms with Crippen molar-refractivity contribution < 1.29 is 29.0 Å². The van der Waals surface area contributed by atoms with E-state index in [0.29, 0.717) is 39.3 Å². The molecule has 0 aromatic heterocycles. The summed E-state index contributed by atoms with van der Waals surface area (Å²) in [7, 11) is 0. The quantitative estimate of drug-likeness (QED) is 0.201. The number of aliphatic hydroxyl groups is 1. The first-order valence-corrected chi connectivity index (χ1v) is 15.2. The summed E-state index contributed by atoms with van der Waals surface area (Å²) in [6, 6.07) is -1.34. The molecule has 11 heteroatoms. The highest BCUT2D eigenvalue weighted by Crippen LogP contribution is 2.68. The van der Waals surface area contributed by atoms with E-state index >= 15 is 0 Å². The van der Waals surface area contributed by atoms with E-state index in [0.717, 1.165) is 13.1 Å². The van der Waals surface area contributed by atoms with Crippen LogP contribution in [0.1, 0.15) is 20.3 Å². The standard InChI is InChI=1S/C27H40BrN3O6S/c1-5-7-30(9-8-29-10-13-36-14-11-29)25(34)23-27-15-18(28)22(38-27)20(26(35)37-12-6-2)21(27)24(33)31(23)19(16-32)17(3)4/h5-6,17-23,32H,1-2,7-16H2,3-4H3/t18?,19-,20-,21-,22-,23?,27?/m0/s1. The third-order valence-corrected chi connectivity index (χ3v) is 11.6. The molecule has 1 spiro atoms. The number of ether oxygens (including phenoxy) is 2. The first-order valence-electron chi connectivity index (χ1n) is 13.4. The minimum atomic E-state index is -0.795. The number of halogens is 1. The van der Waals surface area contributed by atoms with Gasteiger partial charge in [-0.05, 0) is 12.3 Å². The minimum Gasteiger partial charge on any atom is -0.461 e. The fourth-order valence-electron chi connectivity index (χ4n) is 6.54. The van der Waals surface area contributed by atoms with Crippen LogP contribution < -0.4 is 0 Å². The van der Waals surface area contributed by atoms with E-state index in [1.807, 2.05) is 13.8 Å². The summed E-state index contributed by atoms with van der Waals surface area (Å²) in [5, 5.41) is 10.2. The van der Waals surface area contributed by atoms with E-state index in [1.54, 1.807) is 27.6 Å². The molecule has 2 amide bonds. The van der Waals surface area contributed by atoms with Crippen molar-refractivity contribution in [1.29, 1.82) is 0 Å². The molecule has 0 aromatic carbocycles. The van der Waals surface area contributed by atoms with Crippen molar-refractivity contribution in [3.63, 3.8) is 0 Å². The van der Waals surface area contributed by atoms with Gasteiger partial charge < -0.3 is 24.4 Å². The number of likely N-dealkylation sites (tertiary alicyclic amines) is 1. The zero-order valence-corrected chi connectivity index (χ0v) is 24.7. The van der Waals surface area contributed by atoms with Crippen LogP contribution in [-0.4, -0.2) is 124 Å². The molecule has 0 saturated carbocycles. The lowest BCUT2D eigenvalue weighted by molar-refractivity contribution is -0.153. The van der Waals surface area contributed by atoms with E-state index in [9.17, 15) is 19.5 Å². The first-order chi connectivity index (χ1) is 18.2. The topological polar surface area (TPSA) is 99.6 Å². The molecule has 4 saturated heterocycles. The summed E-state index contributed by atoms with van der Waals surface area (Å²) in [6.45, 7) is 15.7. The molecule has 4 fully saturated rings. The van der Waals surface area contributed by atoms with Crippen molar-refractivity contribution >= 4 is 45.5 Å². The van der Waals surface area contributed by atoms with Crippen molar-refractivity contribution in [2.75, 3.05) is 59.2 Å². The van der Waals surface area contributed by atoms with Gasteiger partial charge in [-0.25, -0.2) is 0 Å². The molecule has 2 bridgehead atoms. The van der Waals surface area contributed by atoms with Crippen LogP contribution >= 0.6 is 27.7 Å². The van der Waals surface area contributed by atoms with Crippen LogP contribution in [0.3, 0.4) is 0 Å². The van der Waals surface area contributed by atoms with Gasteiger partial charge in [-0.3, -0.25) is 19.3 Å². The van der Waals surface area contributed by atoms with Gasteiger partial charge in [-0.1, -0.05) is 48.5 Å².